The molecule has 0 saturated heterocycles. The third kappa shape index (κ3) is 29.4. The highest BCUT2D eigenvalue weighted by molar-refractivity contribution is 5.70. The van der Waals surface area contributed by atoms with E-state index in [1.165, 1.54) is 96.3 Å². The topological polar surface area (TPSA) is 72.8 Å². The van der Waals surface area contributed by atoms with Crippen LogP contribution in [0.1, 0.15) is 168 Å². The van der Waals surface area contributed by atoms with Crippen LogP contribution < -0.4 is 0 Å². The van der Waals surface area contributed by atoms with Gasteiger partial charge < -0.3 is 14.6 Å². The zero-order valence-corrected chi connectivity index (χ0v) is 26.4. The Hall–Kier alpha value is -1.62. The average molecular weight is 565 g/mol. The van der Waals surface area contributed by atoms with Crippen LogP contribution in [0.2, 0.25) is 0 Å². The van der Waals surface area contributed by atoms with Gasteiger partial charge in [0.15, 0.2) is 6.10 Å². The highest BCUT2D eigenvalue weighted by atomic mass is 16.6. The zero-order chi connectivity index (χ0) is 29.4. The molecule has 0 aliphatic rings. The van der Waals surface area contributed by atoms with Crippen LogP contribution in [0.15, 0.2) is 24.3 Å². The normalized spacial score (nSPS) is 12.4. The summed E-state index contributed by atoms with van der Waals surface area (Å²) in [6.07, 6.45) is 35.1. The van der Waals surface area contributed by atoms with Crippen LogP contribution in [-0.4, -0.2) is 36.4 Å². The maximum atomic E-state index is 12.1. The molecule has 0 fully saturated rings. The minimum absolute atomic E-state index is 0.0700. The van der Waals surface area contributed by atoms with E-state index in [1.807, 2.05) is 0 Å². The number of aliphatic hydroxyl groups excluding tert-OH is 1. The van der Waals surface area contributed by atoms with Gasteiger partial charge in [-0.05, 0) is 57.8 Å². The molecule has 0 heterocycles. The zero-order valence-electron chi connectivity index (χ0n) is 26.4. The van der Waals surface area contributed by atoms with Gasteiger partial charge in [-0.25, -0.2) is 0 Å². The summed E-state index contributed by atoms with van der Waals surface area (Å²) < 4.78 is 10.5. The molecule has 0 spiro atoms. The Balaban J connectivity index is 3.59. The fraction of sp³-hybridized carbons (Fsp3) is 0.829. The lowest BCUT2D eigenvalue weighted by molar-refractivity contribution is -0.161. The molecule has 0 aliphatic carbocycles. The van der Waals surface area contributed by atoms with Gasteiger partial charge in [-0.1, -0.05) is 122 Å². The Morgan fingerprint density at radius 3 is 1.43 bits per heavy atom. The molecule has 1 atom stereocenters. The molecule has 40 heavy (non-hydrogen) atoms. The van der Waals surface area contributed by atoms with Crippen molar-refractivity contribution in [2.75, 3.05) is 13.2 Å². The minimum Gasteiger partial charge on any atom is -0.462 e. The molecule has 0 bridgehead atoms. The largest absolute Gasteiger partial charge is 0.462 e. The molecule has 234 valence electrons. The van der Waals surface area contributed by atoms with Crippen molar-refractivity contribution in [1.82, 2.24) is 0 Å². The molecule has 0 aromatic carbocycles. The minimum atomic E-state index is -0.771. The Labute approximate surface area is 247 Å². The van der Waals surface area contributed by atoms with E-state index >= 15 is 0 Å². The number of unbranched alkanes of at least 4 members (excludes halogenated alkanes) is 18. The molecule has 0 aromatic rings. The number of aliphatic hydroxyl groups is 1. The molecule has 0 aromatic heterocycles. The van der Waals surface area contributed by atoms with Crippen molar-refractivity contribution < 1.29 is 24.2 Å². The molecule has 0 radical (unpaired) electrons. The first-order chi connectivity index (χ1) is 19.6. The monoisotopic (exact) mass is 564 g/mol. The summed E-state index contributed by atoms with van der Waals surface area (Å²) in [5.41, 5.74) is 0. The summed E-state index contributed by atoms with van der Waals surface area (Å²) in [7, 11) is 0. The van der Waals surface area contributed by atoms with E-state index in [2.05, 4.69) is 38.2 Å². The first-order valence-electron chi connectivity index (χ1n) is 16.9. The van der Waals surface area contributed by atoms with E-state index in [1.54, 1.807) is 0 Å². The van der Waals surface area contributed by atoms with Gasteiger partial charge in [0.05, 0.1) is 6.61 Å². The summed E-state index contributed by atoms with van der Waals surface area (Å²) in [6, 6.07) is 0. The van der Waals surface area contributed by atoms with Crippen molar-refractivity contribution in [3.63, 3.8) is 0 Å². The standard InChI is InChI=1S/C35H64O5/c1-3-5-7-9-11-13-15-16-17-18-20-22-24-26-28-30-35(38)40-33(31-36)32-39-34(37)29-27-25-23-21-19-14-12-10-8-6-4-2/h10,12-13,15,33,36H,3-9,11,14,16-32H2,1-2H3. The van der Waals surface area contributed by atoms with Gasteiger partial charge in [-0.3, -0.25) is 9.59 Å². The third-order valence-corrected chi connectivity index (χ3v) is 7.22. The smallest absolute Gasteiger partial charge is 0.306 e. The highest BCUT2D eigenvalue weighted by Gasteiger charge is 2.16. The van der Waals surface area contributed by atoms with Gasteiger partial charge >= 0.3 is 11.9 Å². The molecule has 5 heteroatoms. The molecular weight excluding hydrogens is 500 g/mol. The molecule has 0 aliphatic heterocycles. The van der Waals surface area contributed by atoms with E-state index in [9.17, 15) is 14.7 Å². The number of hydrogen-bond donors (Lipinski definition) is 1. The second-order valence-corrected chi connectivity index (χ2v) is 11.2. The molecule has 1 unspecified atom stereocenters. The van der Waals surface area contributed by atoms with Crippen LogP contribution in [0.5, 0.6) is 0 Å². The number of carbonyl (C=O) groups excluding carboxylic acids is 2. The van der Waals surface area contributed by atoms with Crippen LogP contribution >= 0.6 is 0 Å². The van der Waals surface area contributed by atoms with Crippen LogP contribution in [0.25, 0.3) is 0 Å². The van der Waals surface area contributed by atoms with Crippen molar-refractivity contribution in [2.45, 2.75) is 174 Å². The van der Waals surface area contributed by atoms with E-state index in [0.717, 1.165) is 44.9 Å². The SMILES string of the molecule is CCCCC=CCCCCCCCC(=O)OCC(CO)OC(=O)CCCCCCCCCC=CCCCCCC. The second kappa shape index (κ2) is 31.9. The van der Waals surface area contributed by atoms with Crippen LogP contribution in [0.3, 0.4) is 0 Å². The first kappa shape index (κ1) is 38.4. The van der Waals surface area contributed by atoms with Crippen molar-refractivity contribution in [3.8, 4) is 0 Å². The molecule has 1 N–H and O–H groups in total. The lowest BCUT2D eigenvalue weighted by Gasteiger charge is -2.15. The summed E-state index contributed by atoms with van der Waals surface area (Å²) >= 11 is 0. The number of rotatable bonds is 30. The number of hydrogen-bond acceptors (Lipinski definition) is 5. The quantitative estimate of drug-likeness (QED) is 0.0534. The van der Waals surface area contributed by atoms with E-state index in [4.69, 9.17) is 9.47 Å². The lowest BCUT2D eigenvalue weighted by atomic mass is 10.1. The summed E-state index contributed by atoms with van der Waals surface area (Å²) in [5, 5.41) is 9.49. The van der Waals surface area contributed by atoms with Gasteiger partial charge in [0.25, 0.3) is 0 Å². The second-order valence-electron chi connectivity index (χ2n) is 11.2. The van der Waals surface area contributed by atoms with E-state index in [-0.39, 0.29) is 25.2 Å². The van der Waals surface area contributed by atoms with E-state index < -0.39 is 6.10 Å². The number of allylic oxidation sites excluding steroid dienone is 4. The Morgan fingerprint density at radius 1 is 0.550 bits per heavy atom. The van der Waals surface area contributed by atoms with Crippen molar-refractivity contribution in [2.24, 2.45) is 0 Å². The summed E-state index contributed by atoms with van der Waals surface area (Å²) in [6.45, 7) is 4.06. The fourth-order valence-electron chi connectivity index (χ4n) is 4.59. The lowest BCUT2D eigenvalue weighted by Crippen LogP contribution is -2.28. The van der Waals surface area contributed by atoms with Gasteiger partial charge in [-0.2, -0.15) is 0 Å². The molecular formula is C35H64O5. The van der Waals surface area contributed by atoms with Crippen molar-refractivity contribution in [1.29, 1.82) is 0 Å². The number of esters is 2. The predicted octanol–water partition coefficient (Wildman–Crippen LogP) is 9.95. The van der Waals surface area contributed by atoms with Crippen molar-refractivity contribution in [3.05, 3.63) is 24.3 Å². The Bertz CT molecular complexity index is 613. The van der Waals surface area contributed by atoms with E-state index in [0.29, 0.717) is 12.8 Å². The first-order valence-corrected chi connectivity index (χ1v) is 16.9. The maximum Gasteiger partial charge on any atom is 0.306 e. The predicted molar refractivity (Wildman–Crippen MR) is 168 cm³/mol. The van der Waals surface area contributed by atoms with Crippen LogP contribution in [-0.2, 0) is 19.1 Å². The summed E-state index contributed by atoms with van der Waals surface area (Å²) in [5.74, 6) is -0.608. The van der Waals surface area contributed by atoms with Crippen molar-refractivity contribution >= 4 is 11.9 Å². The average Bonchev–Trinajstić information content (AvgIpc) is 2.96. The third-order valence-electron chi connectivity index (χ3n) is 7.22. The fourth-order valence-corrected chi connectivity index (χ4v) is 4.59. The maximum absolute atomic E-state index is 12.1. The number of carbonyl (C=O) groups is 2. The summed E-state index contributed by atoms with van der Waals surface area (Å²) in [4.78, 5) is 24.1. The molecule has 0 saturated carbocycles. The van der Waals surface area contributed by atoms with Crippen LogP contribution in [0, 0.1) is 0 Å². The Kier molecular flexibility index (Phi) is 30.6. The van der Waals surface area contributed by atoms with Gasteiger partial charge in [0.2, 0.25) is 0 Å². The highest BCUT2D eigenvalue weighted by Crippen LogP contribution is 2.12. The van der Waals surface area contributed by atoms with Gasteiger partial charge in [0.1, 0.15) is 6.61 Å². The number of ether oxygens (including phenoxy) is 2. The van der Waals surface area contributed by atoms with Crippen LogP contribution in [0.4, 0.5) is 0 Å². The molecule has 0 rings (SSSR count). The molecule has 5 nitrogen and oxygen atoms in total. The molecule has 0 amide bonds. The van der Waals surface area contributed by atoms with Gasteiger partial charge in [-0.15, -0.1) is 0 Å². The Morgan fingerprint density at radius 2 is 0.950 bits per heavy atom. The van der Waals surface area contributed by atoms with Gasteiger partial charge in [0, 0.05) is 12.8 Å².